The third-order valence-corrected chi connectivity index (χ3v) is 5.15. The van der Waals surface area contributed by atoms with Crippen LogP contribution >= 0.6 is 0 Å². The Morgan fingerprint density at radius 2 is 1.63 bits per heavy atom. The van der Waals surface area contributed by atoms with Gasteiger partial charge >= 0.3 is 0 Å². The molecule has 0 atom stereocenters. The van der Waals surface area contributed by atoms with Gasteiger partial charge in [0.2, 0.25) is 0 Å². The maximum Gasteiger partial charge on any atom is 0.299 e. The first-order valence-electron chi connectivity index (χ1n) is 9.64. The second-order valence-corrected chi connectivity index (χ2v) is 7.23. The maximum atomic E-state index is 12.9. The van der Waals surface area contributed by atoms with E-state index in [1.165, 1.54) is 4.68 Å². The lowest BCUT2D eigenvalue weighted by atomic mass is 10.0. The number of aromatic nitrogens is 2. The zero-order valence-electron chi connectivity index (χ0n) is 17.0. The van der Waals surface area contributed by atoms with Gasteiger partial charge in [-0.3, -0.25) is 9.89 Å². The molecule has 4 rings (SSSR count). The van der Waals surface area contributed by atoms with Gasteiger partial charge in [-0.2, -0.15) is 0 Å². The number of aryl methyl sites for hydroxylation is 3. The number of phenols is 1. The van der Waals surface area contributed by atoms with E-state index < -0.39 is 0 Å². The number of nitrogens with one attached hydrogen (secondary N) is 1. The lowest BCUT2D eigenvalue weighted by Gasteiger charge is -2.06. The van der Waals surface area contributed by atoms with Crippen molar-refractivity contribution >= 4 is 11.4 Å². The normalized spacial score (nSPS) is 11.3. The lowest BCUT2D eigenvalue weighted by Crippen LogP contribution is -2.14. The summed E-state index contributed by atoms with van der Waals surface area (Å²) in [5, 5.41) is 22.0. The monoisotopic (exact) mass is 398 g/mol. The number of rotatable bonds is 4. The van der Waals surface area contributed by atoms with Gasteiger partial charge in [-0.1, -0.05) is 48.5 Å². The third kappa shape index (κ3) is 3.55. The number of nitrogens with zero attached hydrogens (tertiary/aromatic N) is 3. The Morgan fingerprint density at radius 1 is 0.867 bits per heavy atom. The Morgan fingerprint density at radius 3 is 2.37 bits per heavy atom. The first-order chi connectivity index (χ1) is 14.5. The smallest absolute Gasteiger partial charge is 0.299 e. The van der Waals surface area contributed by atoms with E-state index in [0.717, 1.165) is 22.4 Å². The molecule has 1 aromatic heterocycles. The molecule has 30 heavy (non-hydrogen) atoms. The fourth-order valence-electron chi connectivity index (χ4n) is 3.27. The molecule has 3 aromatic carbocycles. The van der Waals surface area contributed by atoms with Gasteiger partial charge in [-0.05, 0) is 55.7 Å². The Balaban J connectivity index is 1.71. The van der Waals surface area contributed by atoms with E-state index in [1.54, 1.807) is 19.1 Å². The van der Waals surface area contributed by atoms with Crippen LogP contribution < -0.4 is 5.56 Å². The van der Waals surface area contributed by atoms with Crippen LogP contribution in [0.15, 0.2) is 81.8 Å². The van der Waals surface area contributed by atoms with E-state index >= 15 is 0 Å². The van der Waals surface area contributed by atoms with E-state index in [4.69, 9.17) is 0 Å². The Labute approximate surface area is 174 Å². The van der Waals surface area contributed by atoms with Crippen molar-refractivity contribution in [3.63, 3.8) is 0 Å². The Kier molecular flexibility index (Phi) is 5.06. The average Bonchev–Trinajstić information content (AvgIpc) is 3.03. The van der Waals surface area contributed by atoms with E-state index in [0.29, 0.717) is 16.9 Å². The highest BCUT2D eigenvalue weighted by molar-refractivity contribution is 5.76. The average molecular weight is 398 g/mol. The van der Waals surface area contributed by atoms with Gasteiger partial charge in [0.25, 0.3) is 5.56 Å². The summed E-state index contributed by atoms with van der Waals surface area (Å²) in [5.41, 5.74) is 5.33. The van der Waals surface area contributed by atoms with Crippen LogP contribution in [-0.2, 0) is 0 Å². The van der Waals surface area contributed by atoms with Crippen molar-refractivity contribution in [1.29, 1.82) is 0 Å². The molecular weight excluding hydrogens is 376 g/mol. The number of azo groups is 1. The number of benzene rings is 3. The van der Waals surface area contributed by atoms with Crippen molar-refractivity contribution in [3.05, 3.63) is 93.9 Å². The SMILES string of the molecule is Cc1ccc(-n2[nH]c(C)c(N=Nc3cccc(-c4ccccc4)c3O)c2=O)cc1C. The lowest BCUT2D eigenvalue weighted by molar-refractivity contribution is 0.478. The summed E-state index contributed by atoms with van der Waals surface area (Å²) in [7, 11) is 0. The van der Waals surface area contributed by atoms with Crippen LogP contribution in [0.2, 0.25) is 0 Å². The molecule has 0 unspecified atom stereocenters. The van der Waals surface area contributed by atoms with Crippen molar-refractivity contribution in [2.24, 2.45) is 10.2 Å². The third-order valence-electron chi connectivity index (χ3n) is 5.15. The summed E-state index contributed by atoms with van der Waals surface area (Å²) in [6, 6.07) is 20.6. The molecule has 0 aliphatic carbocycles. The van der Waals surface area contributed by atoms with Crippen molar-refractivity contribution in [3.8, 4) is 22.6 Å². The van der Waals surface area contributed by atoms with Gasteiger partial charge in [0.15, 0.2) is 11.4 Å². The van der Waals surface area contributed by atoms with Gasteiger partial charge in [0, 0.05) is 5.56 Å². The van der Waals surface area contributed by atoms with E-state index in [2.05, 4.69) is 15.3 Å². The quantitative estimate of drug-likeness (QED) is 0.421. The van der Waals surface area contributed by atoms with E-state index in [9.17, 15) is 9.90 Å². The molecule has 1 heterocycles. The fraction of sp³-hybridized carbons (Fsp3) is 0.125. The van der Waals surface area contributed by atoms with Gasteiger partial charge in [0.05, 0.1) is 11.4 Å². The summed E-state index contributed by atoms with van der Waals surface area (Å²) in [4.78, 5) is 12.9. The van der Waals surface area contributed by atoms with Crippen LogP contribution in [0.3, 0.4) is 0 Å². The molecule has 150 valence electrons. The van der Waals surface area contributed by atoms with Crippen molar-refractivity contribution in [2.75, 3.05) is 0 Å². The molecule has 0 amide bonds. The molecule has 0 aliphatic rings. The van der Waals surface area contributed by atoms with Gasteiger partial charge in [-0.25, -0.2) is 4.68 Å². The van der Waals surface area contributed by atoms with E-state index in [-0.39, 0.29) is 17.0 Å². The summed E-state index contributed by atoms with van der Waals surface area (Å²) < 4.78 is 1.45. The standard InChI is InChI=1S/C24H22N4O2/c1-15-12-13-19(14-16(15)2)28-24(30)22(17(3)27-28)26-25-21-11-7-10-20(23(21)29)18-8-5-4-6-9-18/h4-14,27,29H,1-3H3. The number of aromatic hydroxyl groups is 1. The van der Waals surface area contributed by atoms with Crippen molar-refractivity contribution in [1.82, 2.24) is 9.78 Å². The van der Waals surface area contributed by atoms with Crippen molar-refractivity contribution in [2.45, 2.75) is 20.8 Å². The number of hydrogen-bond acceptors (Lipinski definition) is 4. The highest BCUT2D eigenvalue weighted by Gasteiger charge is 2.14. The minimum Gasteiger partial charge on any atom is -0.505 e. The molecule has 0 aliphatic heterocycles. The summed E-state index contributed by atoms with van der Waals surface area (Å²) in [6.07, 6.45) is 0. The predicted molar refractivity (Wildman–Crippen MR) is 118 cm³/mol. The largest absolute Gasteiger partial charge is 0.505 e. The van der Waals surface area contributed by atoms with Crippen LogP contribution in [0.4, 0.5) is 11.4 Å². The minimum atomic E-state index is -0.293. The highest BCUT2D eigenvalue weighted by atomic mass is 16.3. The molecule has 0 fully saturated rings. The zero-order valence-corrected chi connectivity index (χ0v) is 17.0. The van der Waals surface area contributed by atoms with Crippen LogP contribution in [-0.4, -0.2) is 14.9 Å². The molecule has 4 aromatic rings. The number of H-pyrrole nitrogens is 1. The van der Waals surface area contributed by atoms with Gasteiger partial charge in [0.1, 0.15) is 5.69 Å². The summed E-state index contributed by atoms with van der Waals surface area (Å²) >= 11 is 0. The van der Waals surface area contributed by atoms with Crippen LogP contribution in [0.5, 0.6) is 5.75 Å². The molecule has 0 saturated heterocycles. The Hall–Kier alpha value is -3.93. The Bertz CT molecular complexity index is 1300. The maximum absolute atomic E-state index is 12.9. The molecule has 6 nitrogen and oxygen atoms in total. The second-order valence-electron chi connectivity index (χ2n) is 7.23. The van der Waals surface area contributed by atoms with Crippen LogP contribution in [0.1, 0.15) is 16.8 Å². The number of aromatic amines is 1. The van der Waals surface area contributed by atoms with Gasteiger partial charge in [-0.15, -0.1) is 10.2 Å². The van der Waals surface area contributed by atoms with Crippen molar-refractivity contribution < 1.29 is 5.11 Å². The highest BCUT2D eigenvalue weighted by Crippen LogP contribution is 2.37. The molecule has 2 N–H and O–H groups in total. The molecule has 0 spiro atoms. The zero-order chi connectivity index (χ0) is 21.3. The molecule has 0 bridgehead atoms. The topological polar surface area (TPSA) is 82.7 Å². The van der Waals surface area contributed by atoms with E-state index in [1.807, 2.05) is 68.4 Å². The first-order valence-corrected chi connectivity index (χ1v) is 9.64. The minimum absolute atomic E-state index is 0.0233. The summed E-state index contributed by atoms with van der Waals surface area (Å²) in [5.74, 6) is 0.0233. The first kappa shape index (κ1) is 19.4. The predicted octanol–water partition coefficient (Wildman–Crippen LogP) is 5.88. The molecule has 6 heteroatoms. The van der Waals surface area contributed by atoms with Gasteiger partial charge < -0.3 is 5.11 Å². The fourth-order valence-corrected chi connectivity index (χ4v) is 3.27. The number of hydrogen-bond donors (Lipinski definition) is 2. The summed E-state index contributed by atoms with van der Waals surface area (Å²) in [6.45, 7) is 5.80. The number of para-hydroxylation sites is 1. The molecule has 0 saturated carbocycles. The molecular formula is C24H22N4O2. The molecule has 0 radical (unpaired) electrons. The second kappa shape index (κ2) is 7.83. The van der Waals surface area contributed by atoms with Crippen LogP contribution in [0.25, 0.3) is 16.8 Å². The number of phenolic OH excluding ortho intramolecular Hbond substituents is 1. The van der Waals surface area contributed by atoms with Crippen LogP contribution in [0, 0.1) is 20.8 Å².